The molecule has 1 aromatic heterocycles. The second kappa shape index (κ2) is 10.7. The minimum atomic E-state index is -0.378. The Morgan fingerprint density at radius 3 is 2.10 bits per heavy atom. The first kappa shape index (κ1) is 21.0. The van der Waals surface area contributed by atoms with Crippen LogP contribution in [0.1, 0.15) is 51.5 Å². The molecule has 0 fully saturated rings. The molecule has 152 valence electrons. The van der Waals surface area contributed by atoms with Crippen LogP contribution in [0.3, 0.4) is 0 Å². The molecule has 0 atom stereocenters. The smallest absolute Gasteiger partial charge is 0.165 e. The maximum atomic E-state index is 14.2. The number of nitrogens with zero attached hydrogens (tertiary/aromatic N) is 2. The second-order valence-corrected chi connectivity index (χ2v) is 7.29. The summed E-state index contributed by atoms with van der Waals surface area (Å²) in [6.45, 7) is 4.72. The fraction of sp³-hybridized carbons (Fsp3) is 0.360. The molecular weight excluding hydrogens is 363 g/mol. The highest BCUT2D eigenvalue weighted by atomic mass is 19.1. The molecule has 0 aliphatic carbocycles. The molecule has 3 aromatic rings. The van der Waals surface area contributed by atoms with Crippen LogP contribution in [-0.4, -0.2) is 16.6 Å². The molecule has 0 aliphatic rings. The summed E-state index contributed by atoms with van der Waals surface area (Å²) in [5.41, 5.74) is 4.54. The van der Waals surface area contributed by atoms with E-state index in [9.17, 15) is 4.39 Å². The van der Waals surface area contributed by atoms with Crippen LogP contribution in [0.5, 0.6) is 5.75 Å². The number of aromatic nitrogens is 2. The number of hydrogen-bond donors (Lipinski definition) is 0. The van der Waals surface area contributed by atoms with Gasteiger partial charge in [-0.2, -0.15) is 0 Å². The molecule has 4 heteroatoms. The predicted molar refractivity (Wildman–Crippen MR) is 116 cm³/mol. The highest BCUT2D eigenvalue weighted by Crippen LogP contribution is 2.25. The molecule has 0 bridgehead atoms. The van der Waals surface area contributed by atoms with E-state index in [4.69, 9.17) is 4.74 Å². The summed E-state index contributed by atoms with van der Waals surface area (Å²) in [7, 11) is 0. The van der Waals surface area contributed by atoms with Gasteiger partial charge in [0.1, 0.15) is 0 Å². The van der Waals surface area contributed by atoms with Crippen molar-refractivity contribution in [3.8, 4) is 28.3 Å². The lowest BCUT2D eigenvalue weighted by molar-refractivity contribution is 0.301. The molecule has 0 amide bonds. The summed E-state index contributed by atoms with van der Waals surface area (Å²) in [6.07, 6.45) is 10.5. The molecular formula is C25H29FN2O. The number of hydrogen-bond acceptors (Lipinski definition) is 3. The van der Waals surface area contributed by atoms with Gasteiger partial charge in [0.05, 0.1) is 30.4 Å². The van der Waals surface area contributed by atoms with E-state index >= 15 is 0 Å². The molecule has 29 heavy (non-hydrogen) atoms. The average Bonchev–Trinajstić information content (AvgIpc) is 2.76. The molecule has 0 saturated heterocycles. The highest BCUT2D eigenvalue weighted by Gasteiger charge is 2.08. The van der Waals surface area contributed by atoms with Crippen LogP contribution in [0, 0.1) is 5.82 Å². The molecule has 0 radical (unpaired) electrons. The largest absolute Gasteiger partial charge is 0.491 e. The number of aryl methyl sites for hydroxylation is 1. The summed E-state index contributed by atoms with van der Waals surface area (Å²) in [5, 5.41) is 0. The summed E-state index contributed by atoms with van der Waals surface area (Å²) in [5.74, 6) is -0.105. The first-order valence-electron chi connectivity index (χ1n) is 10.5. The SMILES string of the molecule is CCCCCCc1ccc(-c2cnc(-c3ccc(OCCC)c(F)c3)cn2)cc1. The Balaban J connectivity index is 1.66. The van der Waals surface area contributed by atoms with E-state index in [2.05, 4.69) is 41.2 Å². The summed E-state index contributed by atoms with van der Waals surface area (Å²) in [4.78, 5) is 9.01. The first-order chi connectivity index (χ1) is 14.2. The van der Waals surface area contributed by atoms with Crippen molar-refractivity contribution in [3.63, 3.8) is 0 Å². The number of unbranched alkanes of at least 4 members (excludes halogenated alkanes) is 3. The van der Waals surface area contributed by atoms with Crippen molar-refractivity contribution in [2.75, 3.05) is 6.61 Å². The van der Waals surface area contributed by atoms with Crippen molar-refractivity contribution in [1.82, 2.24) is 9.97 Å². The Kier molecular flexibility index (Phi) is 7.74. The Hall–Kier alpha value is -2.75. The average molecular weight is 393 g/mol. The van der Waals surface area contributed by atoms with Crippen LogP contribution >= 0.6 is 0 Å². The van der Waals surface area contributed by atoms with Crippen molar-refractivity contribution in [2.24, 2.45) is 0 Å². The highest BCUT2D eigenvalue weighted by molar-refractivity contribution is 5.63. The van der Waals surface area contributed by atoms with E-state index < -0.39 is 0 Å². The van der Waals surface area contributed by atoms with Gasteiger partial charge in [-0.15, -0.1) is 0 Å². The zero-order valence-electron chi connectivity index (χ0n) is 17.3. The normalized spacial score (nSPS) is 10.9. The van der Waals surface area contributed by atoms with Gasteiger partial charge in [0, 0.05) is 11.1 Å². The van der Waals surface area contributed by atoms with Crippen molar-refractivity contribution in [1.29, 1.82) is 0 Å². The Bertz CT molecular complexity index is 892. The molecule has 3 rings (SSSR count). The van der Waals surface area contributed by atoms with Crippen molar-refractivity contribution in [2.45, 2.75) is 52.4 Å². The third kappa shape index (κ3) is 5.86. The summed E-state index contributed by atoms with van der Waals surface area (Å²) < 4.78 is 19.6. The maximum Gasteiger partial charge on any atom is 0.165 e. The molecule has 1 heterocycles. The van der Waals surface area contributed by atoms with E-state index in [1.165, 1.54) is 37.3 Å². The Morgan fingerprint density at radius 2 is 1.48 bits per heavy atom. The van der Waals surface area contributed by atoms with Gasteiger partial charge in [-0.1, -0.05) is 57.4 Å². The van der Waals surface area contributed by atoms with Gasteiger partial charge in [0.2, 0.25) is 0 Å². The molecule has 0 N–H and O–H groups in total. The van der Waals surface area contributed by atoms with Crippen molar-refractivity contribution >= 4 is 0 Å². The minimum absolute atomic E-state index is 0.273. The Morgan fingerprint density at radius 1 is 0.793 bits per heavy atom. The molecule has 0 spiro atoms. The monoisotopic (exact) mass is 392 g/mol. The van der Waals surface area contributed by atoms with Gasteiger partial charge < -0.3 is 4.74 Å². The number of ether oxygens (including phenoxy) is 1. The topological polar surface area (TPSA) is 35.0 Å². The first-order valence-corrected chi connectivity index (χ1v) is 10.5. The molecule has 2 aromatic carbocycles. The van der Waals surface area contributed by atoms with Crippen LogP contribution in [0.2, 0.25) is 0 Å². The lowest BCUT2D eigenvalue weighted by Crippen LogP contribution is -1.98. The van der Waals surface area contributed by atoms with E-state index in [0.29, 0.717) is 17.9 Å². The maximum absolute atomic E-state index is 14.2. The van der Waals surface area contributed by atoms with E-state index in [1.54, 1.807) is 18.5 Å². The lowest BCUT2D eigenvalue weighted by Gasteiger charge is -2.08. The minimum Gasteiger partial charge on any atom is -0.491 e. The van der Waals surface area contributed by atoms with Gasteiger partial charge >= 0.3 is 0 Å². The van der Waals surface area contributed by atoms with Gasteiger partial charge in [-0.3, -0.25) is 9.97 Å². The third-order valence-corrected chi connectivity index (χ3v) is 4.91. The lowest BCUT2D eigenvalue weighted by atomic mass is 10.0. The van der Waals surface area contributed by atoms with Crippen molar-refractivity contribution < 1.29 is 9.13 Å². The summed E-state index contributed by atoms with van der Waals surface area (Å²) >= 11 is 0. The molecule has 3 nitrogen and oxygen atoms in total. The van der Waals surface area contributed by atoms with Crippen LogP contribution in [0.15, 0.2) is 54.9 Å². The number of rotatable bonds is 10. The fourth-order valence-corrected chi connectivity index (χ4v) is 3.21. The fourth-order valence-electron chi connectivity index (χ4n) is 3.21. The Labute approximate surface area is 173 Å². The van der Waals surface area contributed by atoms with Gasteiger partial charge in [-0.05, 0) is 43.0 Å². The van der Waals surface area contributed by atoms with E-state index in [0.717, 1.165) is 24.1 Å². The third-order valence-electron chi connectivity index (χ3n) is 4.91. The predicted octanol–water partition coefficient (Wildman–Crippen LogP) is 6.86. The summed E-state index contributed by atoms with van der Waals surface area (Å²) in [6, 6.07) is 13.4. The van der Waals surface area contributed by atoms with Gasteiger partial charge in [0.25, 0.3) is 0 Å². The number of halogens is 1. The second-order valence-electron chi connectivity index (χ2n) is 7.29. The van der Waals surface area contributed by atoms with Crippen molar-refractivity contribution in [3.05, 3.63) is 66.2 Å². The standard InChI is InChI=1S/C25H29FN2O/c1-3-5-6-7-8-19-9-11-20(12-10-19)23-17-28-24(18-27-23)21-13-14-25(22(26)16-21)29-15-4-2/h9-14,16-18H,3-8,15H2,1-2H3. The van der Waals surface area contributed by atoms with Crippen LogP contribution in [-0.2, 0) is 6.42 Å². The van der Waals surface area contributed by atoms with Crippen LogP contribution in [0.4, 0.5) is 4.39 Å². The quantitative estimate of drug-likeness (QED) is 0.353. The molecule has 0 saturated carbocycles. The van der Waals surface area contributed by atoms with E-state index in [-0.39, 0.29) is 11.6 Å². The van der Waals surface area contributed by atoms with Gasteiger partial charge in [0.15, 0.2) is 11.6 Å². The number of benzene rings is 2. The molecule has 0 unspecified atom stereocenters. The van der Waals surface area contributed by atoms with Crippen LogP contribution < -0.4 is 4.74 Å². The zero-order chi connectivity index (χ0) is 20.5. The van der Waals surface area contributed by atoms with Crippen LogP contribution in [0.25, 0.3) is 22.5 Å². The van der Waals surface area contributed by atoms with Gasteiger partial charge in [-0.25, -0.2) is 4.39 Å². The molecule has 0 aliphatic heterocycles. The van der Waals surface area contributed by atoms with E-state index in [1.807, 2.05) is 13.0 Å². The zero-order valence-corrected chi connectivity index (χ0v) is 17.3.